The van der Waals surface area contributed by atoms with Crippen LogP contribution in [-0.4, -0.2) is 62.2 Å². The number of benzene rings is 2. The van der Waals surface area contributed by atoms with Crippen LogP contribution in [0.3, 0.4) is 0 Å². The summed E-state index contributed by atoms with van der Waals surface area (Å²) < 4.78 is 13.4. The first-order valence-electron chi connectivity index (χ1n) is 10.2. The van der Waals surface area contributed by atoms with Crippen molar-refractivity contribution in [3.63, 3.8) is 0 Å². The van der Waals surface area contributed by atoms with E-state index in [4.69, 9.17) is 11.6 Å². The van der Waals surface area contributed by atoms with Gasteiger partial charge in [0.2, 0.25) is 11.7 Å². The van der Waals surface area contributed by atoms with Gasteiger partial charge in [-0.3, -0.25) is 9.78 Å². The zero-order valence-corrected chi connectivity index (χ0v) is 17.8. The van der Waals surface area contributed by atoms with Crippen molar-refractivity contribution < 1.29 is 9.18 Å². The molecule has 8 nitrogen and oxygen atoms in total. The summed E-state index contributed by atoms with van der Waals surface area (Å²) in [4.78, 5) is 22.4. The molecule has 0 radical (unpaired) electrons. The number of fused-ring (bicyclic) bond motifs is 1. The molecule has 1 aliphatic rings. The van der Waals surface area contributed by atoms with Crippen LogP contribution in [-0.2, 0) is 11.3 Å². The number of hydrogen-bond acceptors (Lipinski definition) is 6. The van der Waals surface area contributed by atoms with Crippen LogP contribution < -0.4 is 4.90 Å². The van der Waals surface area contributed by atoms with Crippen molar-refractivity contribution in [3.8, 4) is 11.4 Å². The molecule has 10 heteroatoms. The lowest BCUT2D eigenvalue weighted by molar-refractivity contribution is -0.132. The molecule has 2 aromatic heterocycles. The molecular formula is C22H19ClFN7O. The molecule has 0 aliphatic carbocycles. The van der Waals surface area contributed by atoms with Crippen LogP contribution in [0.2, 0.25) is 5.02 Å². The molecule has 32 heavy (non-hydrogen) atoms. The standard InChI is InChI=1S/C22H19ClFN7O/c23-16-4-5-18-19(13-16)25-7-6-20(18)29-8-10-30(11-9-29)21(32)14-31-27-22(26-28-31)15-2-1-3-17(24)12-15/h1-7,12-13H,8-11,14H2. The summed E-state index contributed by atoms with van der Waals surface area (Å²) in [6.07, 6.45) is 1.78. The Morgan fingerprint density at radius 3 is 2.72 bits per heavy atom. The summed E-state index contributed by atoms with van der Waals surface area (Å²) in [5.74, 6) is -0.177. The van der Waals surface area contributed by atoms with Crippen LogP contribution in [0, 0.1) is 5.82 Å². The molecule has 0 N–H and O–H groups in total. The van der Waals surface area contributed by atoms with Gasteiger partial charge in [0, 0.05) is 54.0 Å². The topological polar surface area (TPSA) is 80.0 Å². The smallest absolute Gasteiger partial charge is 0.246 e. The Kier molecular flexibility index (Phi) is 5.40. The van der Waals surface area contributed by atoms with Crippen molar-refractivity contribution in [1.29, 1.82) is 0 Å². The summed E-state index contributed by atoms with van der Waals surface area (Å²) in [6, 6.07) is 13.6. The number of pyridine rings is 1. The van der Waals surface area contributed by atoms with Crippen LogP contribution in [0.5, 0.6) is 0 Å². The number of hydrogen-bond donors (Lipinski definition) is 0. The quantitative estimate of drug-likeness (QED) is 0.474. The minimum Gasteiger partial charge on any atom is -0.367 e. The van der Waals surface area contributed by atoms with Gasteiger partial charge in [0.25, 0.3) is 0 Å². The Morgan fingerprint density at radius 1 is 1.06 bits per heavy atom. The van der Waals surface area contributed by atoms with E-state index in [9.17, 15) is 9.18 Å². The average Bonchev–Trinajstić information content (AvgIpc) is 3.27. The van der Waals surface area contributed by atoms with E-state index in [0.717, 1.165) is 16.6 Å². The van der Waals surface area contributed by atoms with Gasteiger partial charge in [0.05, 0.1) is 5.52 Å². The first-order chi connectivity index (χ1) is 15.6. The van der Waals surface area contributed by atoms with Crippen molar-refractivity contribution in [2.45, 2.75) is 6.54 Å². The molecule has 5 rings (SSSR count). The van der Waals surface area contributed by atoms with Crippen LogP contribution in [0.4, 0.5) is 10.1 Å². The third-order valence-corrected chi connectivity index (χ3v) is 5.70. The molecular weight excluding hydrogens is 433 g/mol. The number of rotatable bonds is 4. The van der Waals surface area contributed by atoms with Crippen molar-refractivity contribution in [2.75, 3.05) is 31.1 Å². The summed E-state index contributed by atoms with van der Waals surface area (Å²) in [5, 5.41) is 13.8. The Bertz CT molecular complexity index is 1290. The zero-order valence-electron chi connectivity index (χ0n) is 17.0. The fraction of sp³-hybridized carbons (Fsp3) is 0.227. The van der Waals surface area contributed by atoms with E-state index in [1.54, 1.807) is 23.2 Å². The van der Waals surface area contributed by atoms with Crippen molar-refractivity contribution in [1.82, 2.24) is 30.1 Å². The lowest BCUT2D eigenvalue weighted by Gasteiger charge is -2.36. The van der Waals surface area contributed by atoms with Gasteiger partial charge in [-0.25, -0.2) is 4.39 Å². The van der Waals surface area contributed by atoms with Crippen LogP contribution in [0.1, 0.15) is 0 Å². The highest BCUT2D eigenvalue weighted by Crippen LogP contribution is 2.28. The molecule has 0 bridgehead atoms. The highest BCUT2D eigenvalue weighted by molar-refractivity contribution is 6.31. The second kappa shape index (κ2) is 8.51. The second-order valence-corrected chi connectivity index (χ2v) is 7.95. The molecule has 0 atom stereocenters. The number of tetrazole rings is 1. The molecule has 1 aliphatic heterocycles. The van der Waals surface area contributed by atoms with E-state index >= 15 is 0 Å². The molecule has 4 aromatic rings. The summed E-state index contributed by atoms with van der Waals surface area (Å²) in [5.41, 5.74) is 2.44. The van der Waals surface area contributed by atoms with Gasteiger partial charge in [0.1, 0.15) is 12.4 Å². The maximum atomic E-state index is 13.4. The number of halogens is 2. The van der Waals surface area contributed by atoms with E-state index in [1.807, 2.05) is 24.3 Å². The largest absolute Gasteiger partial charge is 0.367 e. The fourth-order valence-electron chi connectivity index (χ4n) is 3.85. The average molecular weight is 452 g/mol. The van der Waals surface area contributed by atoms with E-state index < -0.39 is 0 Å². The minimum absolute atomic E-state index is 0.0149. The number of carbonyl (C=O) groups excluding carboxylic acids is 1. The van der Waals surface area contributed by atoms with Crippen LogP contribution >= 0.6 is 11.6 Å². The molecule has 1 amide bonds. The van der Waals surface area contributed by atoms with Gasteiger partial charge in [0.15, 0.2) is 0 Å². The number of carbonyl (C=O) groups is 1. The van der Waals surface area contributed by atoms with E-state index in [-0.39, 0.29) is 24.1 Å². The number of anilines is 1. The van der Waals surface area contributed by atoms with E-state index in [0.29, 0.717) is 36.8 Å². The Labute approximate surface area is 188 Å². The van der Waals surface area contributed by atoms with Gasteiger partial charge < -0.3 is 9.80 Å². The SMILES string of the molecule is O=C(Cn1nnc(-c2cccc(F)c2)n1)N1CCN(c2ccnc3cc(Cl)ccc23)CC1. The van der Waals surface area contributed by atoms with Crippen molar-refractivity contribution in [2.24, 2.45) is 0 Å². The predicted octanol–water partition coefficient (Wildman–Crippen LogP) is 3.03. The number of piperazine rings is 1. The van der Waals surface area contributed by atoms with Crippen molar-refractivity contribution in [3.05, 3.63) is 65.6 Å². The van der Waals surface area contributed by atoms with Crippen LogP contribution in [0.25, 0.3) is 22.3 Å². The molecule has 1 fully saturated rings. The van der Waals surface area contributed by atoms with E-state index in [1.165, 1.54) is 16.9 Å². The Balaban J connectivity index is 1.23. The molecule has 0 unspecified atom stereocenters. The van der Waals surface area contributed by atoms with E-state index in [2.05, 4.69) is 25.3 Å². The summed E-state index contributed by atoms with van der Waals surface area (Å²) >= 11 is 6.09. The van der Waals surface area contributed by atoms with Gasteiger partial charge in [-0.2, -0.15) is 4.80 Å². The zero-order chi connectivity index (χ0) is 22.1. The third kappa shape index (κ3) is 4.11. The number of aromatic nitrogens is 5. The van der Waals surface area contributed by atoms with Gasteiger partial charge in [-0.05, 0) is 41.6 Å². The maximum absolute atomic E-state index is 13.4. The third-order valence-electron chi connectivity index (χ3n) is 5.47. The maximum Gasteiger partial charge on any atom is 0.246 e. The first-order valence-corrected chi connectivity index (χ1v) is 10.6. The van der Waals surface area contributed by atoms with Crippen LogP contribution in [0.15, 0.2) is 54.7 Å². The molecule has 3 heterocycles. The molecule has 0 spiro atoms. The number of nitrogens with zero attached hydrogens (tertiary/aromatic N) is 7. The highest BCUT2D eigenvalue weighted by Gasteiger charge is 2.23. The summed E-state index contributed by atoms with van der Waals surface area (Å²) in [6.45, 7) is 2.56. The second-order valence-electron chi connectivity index (χ2n) is 7.51. The fourth-order valence-corrected chi connectivity index (χ4v) is 4.02. The lowest BCUT2D eigenvalue weighted by Crippen LogP contribution is -2.49. The molecule has 162 valence electrons. The Morgan fingerprint density at radius 2 is 1.91 bits per heavy atom. The summed E-state index contributed by atoms with van der Waals surface area (Å²) in [7, 11) is 0. The normalized spacial score (nSPS) is 14.2. The number of amides is 1. The van der Waals surface area contributed by atoms with Gasteiger partial charge in [-0.1, -0.05) is 23.7 Å². The van der Waals surface area contributed by atoms with Crippen molar-refractivity contribution >= 4 is 34.1 Å². The van der Waals surface area contributed by atoms with Gasteiger partial charge >= 0.3 is 0 Å². The molecule has 0 saturated carbocycles. The molecule has 1 saturated heterocycles. The van der Waals surface area contributed by atoms with Gasteiger partial charge in [-0.15, -0.1) is 10.2 Å². The monoisotopic (exact) mass is 451 g/mol. The first kappa shape index (κ1) is 20.3. The Hall–Kier alpha value is -3.59. The highest BCUT2D eigenvalue weighted by atomic mass is 35.5. The predicted molar refractivity (Wildman–Crippen MR) is 119 cm³/mol. The lowest BCUT2D eigenvalue weighted by atomic mass is 10.1. The molecule has 2 aromatic carbocycles. The minimum atomic E-state index is -0.377.